The molecule has 0 radical (unpaired) electrons. The molecule has 1 aromatic heterocycles. The van der Waals surface area contributed by atoms with Crippen molar-refractivity contribution in [1.82, 2.24) is 5.32 Å². The van der Waals surface area contributed by atoms with Crippen molar-refractivity contribution in [2.24, 2.45) is 0 Å². The predicted molar refractivity (Wildman–Crippen MR) is 91.7 cm³/mol. The van der Waals surface area contributed by atoms with Crippen LogP contribution in [0.4, 0.5) is 0 Å². The van der Waals surface area contributed by atoms with Gasteiger partial charge in [0.15, 0.2) is 5.78 Å². The van der Waals surface area contributed by atoms with Crippen LogP contribution in [0.25, 0.3) is 0 Å². The number of carbonyl (C=O) groups is 2. The molecule has 0 saturated carbocycles. The number of ether oxygens (including phenoxy) is 1. The summed E-state index contributed by atoms with van der Waals surface area (Å²) in [6.07, 6.45) is -0.949. The highest BCUT2D eigenvalue weighted by atomic mass is 32.1. The zero-order valence-electron chi connectivity index (χ0n) is 13.7. The van der Waals surface area contributed by atoms with Crippen molar-refractivity contribution in [2.45, 2.75) is 38.5 Å². The molecule has 0 fully saturated rings. The second kappa shape index (κ2) is 6.03. The zero-order chi connectivity index (χ0) is 17.5. The molecule has 0 spiro atoms. The Bertz CT molecular complexity index is 782. The van der Waals surface area contributed by atoms with Gasteiger partial charge in [-0.25, -0.2) is 0 Å². The molecule has 1 aliphatic rings. The van der Waals surface area contributed by atoms with Gasteiger partial charge in [0.05, 0.1) is 11.6 Å². The van der Waals surface area contributed by atoms with Gasteiger partial charge in [-0.3, -0.25) is 9.59 Å². The quantitative estimate of drug-likeness (QED) is 0.839. The number of fused-ring (bicyclic) bond motifs is 1. The lowest BCUT2D eigenvalue weighted by Crippen LogP contribution is -2.53. The van der Waals surface area contributed by atoms with E-state index in [0.29, 0.717) is 22.4 Å². The molecule has 0 bridgehead atoms. The molecule has 2 heterocycles. The highest BCUT2D eigenvalue weighted by Crippen LogP contribution is 2.40. The topological polar surface area (TPSA) is 75.6 Å². The Morgan fingerprint density at radius 1 is 1.25 bits per heavy atom. The summed E-state index contributed by atoms with van der Waals surface area (Å²) in [7, 11) is 0. The number of thiophene rings is 1. The van der Waals surface area contributed by atoms with E-state index < -0.39 is 17.7 Å². The van der Waals surface area contributed by atoms with Crippen LogP contribution in [-0.2, 0) is 0 Å². The van der Waals surface area contributed by atoms with Gasteiger partial charge in [0.1, 0.15) is 17.5 Å². The molecule has 0 unspecified atom stereocenters. The Labute approximate surface area is 144 Å². The highest BCUT2D eigenvalue weighted by molar-refractivity contribution is 7.08. The van der Waals surface area contributed by atoms with Crippen LogP contribution in [0.3, 0.4) is 0 Å². The molecule has 2 atom stereocenters. The molecule has 1 aliphatic heterocycles. The first-order valence-corrected chi connectivity index (χ1v) is 8.59. The smallest absolute Gasteiger partial charge is 0.252 e. The molecule has 0 saturated heterocycles. The predicted octanol–water partition coefficient (Wildman–Crippen LogP) is 2.95. The van der Waals surface area contributed by atoms with Gasteiger partial charge in [-0.1, -0.05) is 0 Å². The van der Waals surface area contributed by atoms with E-state index >= 15 is 0 Å². The molecular weight excluding hydrogens is 326 g/mol. The van der Waals surface area contributed by atoms with Crippen LogP contribution in [0.2, 0.25) is 0 Å². The second-order valence-electron chi connectivity index (χ2n) is 6.42. The lowest BCUT2D eigenvalue weighted by Gasteiger charge is -2.42. The minimum atomic E-state index is -0.949. The molecule has 24 heavy (non-hydrogen) atoms. The molecule has 2 aromatic rings. The van der Waals surface area contributed by atoms with Crippen molar-refractivity contribution in [3.8, 4) is 5.75 Å². The van der Waals surface area contributed by atoms with Crippen molar-refractivity contribution in [1.29, 1.82) is 0 Å². The molecule has 6 heteroatoms. The van der Waals surface area contributed by atoms with E-state index in [-0.39, 0.29) is 11.7 Å². The molecule has 1 aromatic carbocycles. The minimum absolute atomic E-state index is 0.0833. The van der Waals surface area contributed by atoms with Gasteiger partial charge in [0.25, 0.3) is 5.91 Å². The second-order valence-corrected chi connectivity index (χ2v) is 7.20. The normalized spacial score (nSPS) is 21.5. The number of hydrogen-bond acceptors (Lipinski definition) is 5. The van der Waals surface area contributed by atoms with Crippen LogP contribution in [0.15, 0.2) is 35.0 Å². The summed E-state index contributed by atoms with van der Waals surface area (Å²) in [4.78, 5) is 24.1. The fourth-order valence-electron chi connectivity index (χ4n) is 2.79. The minimum Gasteiger partial charge on any atom is -0.485 e. The van der Waals surface area contributed by atoms with Crippen LogP contribution in [0, 0.1) is 0 Å². The molecular formula is C18H19NO4S. The highest BCUT2D eigenvalue weighted by Gasteiger charge is 2.43. The molecule has 3 rings (SSSR count). The lowest BCUT2D eigenvalue weighted by atomic mass is 9.85. The van der Waals surface area contributed by atoms with Gasteiger partial charge < -0.3 is 15.2 Å². The third-order valence-electron chi connectivity index (χ3n) is 4.22. The summed E-state index contributed by atoms with van der Waals surface area (Å²) in [5.74, 6) is 0.211. The summed E-state index contributed by atoms with van der Waals surface area (Å²) in [5, 5.41) is 17.1. The summed E-state index contributed by atoms with van der Waals surface area (Å²) in [5.41, 5.74) is 0.801. The fourth-order valence-corrected chi connectivity index (χ4v) is 3.43. The first-order chi connectivity index (χ1) is 11.3. The molecule has 1 amide bonds. The van der Waals surface area contributed by atoms with Crippen LogP contribution in [0.5, 0.6) is 5.75 Å². The SMILES string of the molecule is CC(=O)c1ccc2c(c1)[C@H](NC(=O)c1ccsc1)[C@@H](O)C(C)(C)O2. The number of Topliss-reactive ketones (excluding diaryl/α,β-unsaturated/α-hetero) is 1. The molecule has 5 nitrogen and oxygen atoms in total. The Kier molecular flexibility index (Phi) is 4.19. The van der Waals surface area contributed by atoms with Crippen molar-refractivity contribution < 1.29 is 19.4 Å². The van der Waals surface area contributed by atoms with Crippen LogP contribution in [0.1, 0.15) is 53.1 Å². The van der Waals surface area contributed by atoms with Gasteiger partial charge in [-0.05, 0) is 50.4 Å². The van der Waals surface area contributed by atoms with Crippen molar-refractivity contribution >= 4 is 23.0 Å². The van der Waals surface area contributed by atoms with Crippen LogP contribution >= 0.6 is 11.3 Å². The number of amides is 1. The van der Waals surface area contributed by atoms with Gasteiger partial charge in [-0.15, -0.1) is 0 Å². The molecule has 0 aliphatic carbocycles. The lowest BCUT2D eigenvalue weighted by molar-refractivity contribution is -0.0627. The third kappa shape index (κ3) is 2.95. The maximum absolute atomic E-state index is 12.4. The average molecular weight is 345 g/mol. The van der Waals surface area contributed by atoms with Crippen LogP contribution < -0.4 is 10.1 Å². The Balaban J connectivity index is 2.01. The van der Waals surface area contributed by atoms with E-state index in [9.17, 15) is 14.7 Å². The van der Waals surface area contributed by atoms with Crippen molar-refractivity contribution in [3.63, 3.8) is 0 Å². The fraction of sp³-hybridized carbons (Fsp3) is 0.333. The largest absolute Gasteiger partial charge is 0.485 e. The molecule has 126 valence electrons. The monoisotopic (exact) mass is 345 g/mol. The maximum Gasteiger partial charge on any atom is 0.252 e. The van der Waals surface area contributed by atoms with E-state index in [1.54, 1.807) is 43.5 Å². The number of carbonyl (C=O) groups excluding carboxylic acids is 2. The van der Waals surface area contributed by atoms with Gasteiger partial charge in [0, 0.05) is 16.5 Å². The van der Waals surface area contributed by atoms with E-state index in [4.69, 9.17) is 4.74 Å². The summed E-state index contributed by atoms with van der Waals surface area (Å²) in [6.45, 7) is 5.01. The number of hydrogen-bond donors (Lipinski definition) is 2. The van der Waals surface area contributed by atoms with E-state index in [2.05, 4.69) is 5.32 Å². The third-order valence-corrected chi connectivity index (χ3v) is 4.91. The zero-order valence-corrected chi connectivity index (χ0v) is 14.5. The van der Waals surface area contributed by atoms with Crippen LogP contribution in [-0.4, -0.2) is 28.5 Å². The van der Waals surface area contributed by atoms with Crippen molar-refractivity contribution in [3.05, 3.63) is 51.7 Å². The van der Waals surface area contributed by atoms with E-state index in [1.807, 2.05) is 5.38 Å². The Morgan fingerprint density at radius 2 is 2.00 bits per heavy atom. The van der Waals surface area contributed by atoms with Gasteiger partial charge in [0.2, 0.25) is 0 Å². The maximum atomic E-state index is 12.4. The first-order valence-electron chi connectivity index (χ1n) is 7.64. The summed E-state index contributed by atoms with van der Waals surface area (Å²) in [6, 6.07) is 6.14. The summed E-state index contributed by atoms with van der Waals surface area (Å²) < 4.78 is 5.86. The number of aliphatic hydroxyl groups excluding tert-OH is 1. The Hall–Kier alpha value is -2.18. The number of nitrogens with one attached hydrogen (secondary N) is 1. The average Bonchev–Trinajstić information content (AvgIpc) is 3.05. The van der Waals surface area contributed by atoms with E-state index in [0.717, 1.165) is 0 Å². The number of ketones is 1. The molecule has 2 N–H and O–H groups in total. The van der Waals surface area contributed by atoms with Crippen molar-refractivity contribution in [2.75, 3.05) is 0 Å². The van der Waals surface area contributed by atoms with E-state index in [1.165, 1.54) is 18.3 Å². The van der Waals surface area contributed by atoms with Gasteiger partial charge in [-0.2, -0.15) is 11.3 Å². The van der Waals surface area contributed by atoms with Gasteiger partial charge >= 0.3 is 0 Å². The first kappa shape index (κ1) is 16.7. The number of rotatable bonds is 3. The number of benzene rings is 1. The number of aliphatic hydroxyl groups is 1. The Morgan fingerprint density at radius 3 is 2.62 bits per heavy atom. The summed E-state index contributed by atoms with van der Waals surface area (Å²) >= 11 is 1.43. The standard InChI is InChI=1S/C18H19NO4S/c1-10(20)11-4-5-14-13(8-11)15(16(21)18(2,3)23-14)19-17(22)12-6-7-24-9-12/h4-9,15-16,21H,1-3H3,(H,19,22)/t15-,16+/m0/s1.